The molecule has 0 saturated carbocycles. The van der Waals surface area contributed by atoms with Crippen molar-refractivity contribution in [1.82, 2.24) is 9.97 Å². The third-order valence-electron chi connectivity index (χ3n) is 3.31. The summed E-state index contributed by atoms with van der Waals surface area (Å²) >= 11 is 0. The second-order valence-electron chi connectivity index (χ2n) is 4.99. The van der Waals surface area contributed by atoms with Crippen LogP contribution in [0.5, 0.6) is 0 Å². The summed E-state index contributed by atoms with van der Waals surface area (Å²) in [6, 6.07) is 2.26. The molecule has 1 aliphatic heterocycles. The Morgan fingerprint density at radius 2 is 2.00 bits per heavy atom. The number of rotatable bonds is 7. The molecule has 0 radical (unpaired) electrons. The minimum atomic E-state index is -0.640. The Morgan fingerprint density at radius 3 is 2.67 bits per heavy atom. The van der Waals surface area contributed by atoms with E-state index in [1.165, 1.54) is 0 Å². The Balaban J connectivity index is 2.05. The van der Waals surface area contributed by atoms with Crippen LogP contribution in [0.15, 0.2) is 6.07 Å². The van der Waals surface area contributed by atoms with Gasteiger partial charge in [-0.15, -0.1) is 0 Å². The number of ether oxygens (including phenoxy) is 1. The number of nitrogens with zero attached hydrogens (tertiary/aromatic N) is 2. The Hall–Kier alpha value is -1.21. The average molecular weight is 312 g/mol. The van der Waals surface area contributed by atoms with Crippen molar-refractivity contribution < 1.29 is 8.95 Å². The minimum absolute atomic E-state index is 0.340. The number of hydrogen-bond acceptors (Lipinski definition) is 6. The van der Waals surface area contributed by atoms with Gasteiger partial charge >= 0.3 is 0 Å². The molecule has 6 nitrogen and oxygen atoms in total. The van der Waals surface area contributed by atoms with Crippen molar-refractivity contribution in [3.05, 3.63) is 11.9 Å². The number of aromatic nitrogens is 2. The van der Waals surface area contributed by atoms with Crippen LogP contribution in [0.3, 0.4) is 0 Å². The number of anilines is 2. The Morgan fingerprint density at radius 1 is 1.29 bits per heavy atom. The summed E-state index contributed by atoms with van der Waals surface area (Å²) in [6.45, 7) is 5.86. The van der Waals surface area contributed by atoms with Crippen molar-refractivity contribution >= 4 is 22.4 Å². The summed E-state index contributed by atoms with van der Waals surface area (Å²) in [7, 11) is -0.640. The predicted molar refractivity (Wildman–Crippen MR) is 86.0 cm³/mol. The normalized spacial score (nSPS) is 22.0. The maximum atomic E-state index is 11.4. The smallest absolute Gasteiger partial charge is 0.158 e. The fourth-order valence-electron chi connectivity index (χ4n) is 2.25. The molecule has 0 amide bonds. The molecule has 118 valence electrons. The quantitative estimate of drug-likeness (QED) is 0.799. The van der Waals surface area contributed by atoms with Gasteiger partial charge in [0.1, 0.15) is 18.2 Å². The second-order valence-corrected chi connectivity index (χ2v) is 6.68. The lowest BCUT2D eigenvalue weighted by Gasteiger charge is -2.23. The summed E-state index contributed by atoms with van der Waals surface area (Å²) in [5.74, 6) is 3.85. The van der Waals surface area contributed by atoms with Crippen molar-refractivity contribution in [1.29, 1.82) is 0 Å². The zero-order chi connectivity index (χ0) is 15.1. The summed E-state index contributed by atoms with van der Waals surface area (Å²) in [4.78, 5) is 8.93. The highest BCUT2D eigenvalue weighted by Crippen LogP contribution is 2.17. The molecule has 2 N–H and O–H groups in total. The molecule has 2 rings (SSSR count). The molecule has 0 aliphatic carbocycles. The van der Waals surface area contributed by atoms with Crippen LogP contribution in [0.4, 0.5) is 11.6 Å². The van der Waals surface area contributed by atoms with Crippen molar-refractivity contribution in [2.24, 2.45) is 0 Å². The molecule has 1 saturated heterocycles. The Bertz CT molecular complexity index is 474. The lowest BCUT2D eigenvalue weighted by Crippen LogP contribution is -2.30. The van der Waals surface area contributed by atoms with E-state index in [0.717, 1.165) is 42.5 Å². The van der Waals surface area contributed by atoms with E-state index in [1.807, 2.05) is 19.9 Å². The third kappa shape index (κ3) is 5.24. The van der Waals surface area contributed by atoms with Crippen LogP contribution in [-0.2, 0) is 22.1 Å². The maximum Gasteiger partial charge on any atom is 0.158 e. The molecule has 1 fully saturated rings. The van der Waals surface area contributed by atoms with Crippen LogP contribution in [0.25, 0.3) is 0 Å². The first-order valence-corrected chi connectivity index (χ1v) is 9.01. The molecule has 0 aromatic carbocycles. The molecular formula is C14H24N4O2S. The van der Waals surface area contributed by atoms with Gasteiger partial charge < -0.3 is 15.4 Å². The summed E-state index contributed by atoms with van der Waals surface area (Å²) in [6.07, 6.45) is 1.85. The lowest BCUT2D eigenvalue weighted by molar-refractivity contribution is 0.128. The molecule has 21 heavy (non-hydrogen) atoms. The highest BCUT2D eigenvalue weighted by Gasteiger charge is 2.18. The standard InChI is InChI=1S/C14H24N4O2S/c1-3-15-12-9-13(18-14(17-12)10-20-4-2)16-11-5-7-21(19)8-6-11/h9,11H,3-8,10H2,1-2H3,(H2,15,16,17,18). The van der Waals surface area contributed by atoms with Gasteiger partial charge in [0.05, 0.1) is 0 Å². The van der Waals surface area contributed by atoms with Crippen molar-refractivity contribution in [2.75, 3.05) is 35.3 Å². The highest BCUT2D eigenvalue weighted by atomic mass is 32.2. The van der Waals surface area contributed by atoms with Crippen LogP contribution in [0.2, 0.25) is 0 Å². The Kier molecular flexibility index (Phi) is 6.38. The summed E-state index contributed by atoms with van der Waals surface area (Å²) < 4.78 is 16.8. The van der Waals surface area contributed by atoms with Gasteiger partial charge in [-0.1, -0.05) is 0 Å². The lowest BCUT2D eigenvalue weighted by atomic mass is 10.1. The van der Waals surface area contributed by atoms with Crippen molar-refractivity contribution in [2.45, 2.75) is 39.3 Å². The zero-order valence-corrected chi connectivity index (χ0v) is 13.5. The van der Waals surface area contributed by atoms with Gasteiger partial charge in [0.15, 0.2) is 5.82 Å². The topological polar surface area (TPSA) is 76.1 Å². The molecule has 0 bridgehead atoms. The van der Waals surface area contributed by atoms with E-state index in [-0.39, 0.29) is 0 Å². The molecule has 0 spiro atoms. The second kappa shape index (κ2) is 8.29. The van der Waals surface area contributed by atoms with E-state index in [0.29, 0.717) is 25.1 Å². The minimum Gasteiger partial charge on any atom is -0.374 e. The van der Waals surface area contributed by atoms with Gasteiger partial charge in [-0.05, 0) is 26.7 Å². The van der Waals surface area contributed by atoms with Gasteiger partial charge in [0.2, 0.25) is 0 Å². The molecule has 7 heteroatoms. The number of nitrogens with one attached hydrogen (secondary N) is 2. The zero-order valence-electron chi connectivity index (χ0n) is 12.7. The molecule has 1 aromatic rings. The number of hydrogen-bond donors (Lipinski definition) is 2. The summed E-state index contributed by atoms with van der Waals surface area (Å²) in [5, 5.41) is 6.65. The fourth-order valence-corrected chi connectivity index (χ4v) is 3.55. The van der Waals surface area contributed by atoms with Crippen LogP contribution in [-0.4, -0.2) is 44.9 Å². The third-order valence-corrected chi connectivity index (χ3v) is 4.69. The molecule has 2 heterocycles. The largest absolute Gasteiger partial charge is 0.374 e. The van der Waals surface area contributed by atoms with E-state index in [4.69, 9.17) is 4.74 Å². The molecule has 0 unspecified atom stereocenters. The summed E-state index contributed by atoms with van der Waals surface area (Å²) in [5.41, 5.74) is 0. The van der Waals surface area contributed by atoms with Crippen LogP contribution >= 0.6 is 0 Å². The van der Waals surface area contributed by atoms with Gasteiger partial charge in [-0.25, -0.2) is 9.97 Å². The Labute approximate surface area is 128 Å². The molecule has 0 atom stereocenters. The van der Waals surface area contributed by atoms with Crippen LogP contribution in [0, 0.1) is 0 Å². The van der Waals surface area contributed by atoms with Crippen molar-refractivity contribution in [3.8, 4) is 0 Å². The van der Waals surface area contributed by atoms with Gasteiger partial charge in [-0.2, -0.15) is 0 Å². The van der Waals surface area contributed by atoms with Gasteiger partial charge in [0.25, 0.3) is 0 Å². The van der Waals surface area contributed by atoms with E-state index in [2.05, 4.69) is 20.6 Å². The maximum absolute atomic E-state index is 11.4. The van der Waals surface area contributed by atoms with E-state index < -0.39 is 10.8 Å². The first-order valence-electron chi connectivity index (χ1n) is 7.52. The average Bonchev–Trinajstić information content (AvgIpc) is 2.48. The molecule has 1 aliphatic rings. The highest BCUT2D eigenvalue weighted by molar-refractivity contribution is 7.85. The van der Waals surface area contributed by atoms with Crippen molar-refractivity contribution in [3.63, 3.8) is 0 Å². The first-order chi connectivity index (χ1) is 10.2. The fraction of sp³-hybridized carbons (Fsp3) is 0.714. The first kappa shape index (κ1) is 16.2. The van der Waals surface area contributed by atoms with Gasteiger partial charge in [-0.3, -0.25) is 4.21 Å². The van der Waals surface area contributed by atoms with E-state index in [1.54, 1.807) is 0 Å². The van der Waals surface area contributed by atoms with Gasteiger partial charge in [0, 0.05) is 47.6 Å². The SMILES string of the molecule is CCNc1cc(NC2CCS(=O)CC2)nc(COCC)n1. The monoisotopic (exact) mass is 312 g/mol. The molecular weight excluding hydrogens is 288 g/mol. The van der Waals surface area contributed by atoms with E-state index >= 15 is 0 Å². The van der Waals surface area contributed by atoms with E-state index in [9.17, 15) is 4.21 Å². The predicted octanol–water partition coefficient (Wildman–Crippen LogP) is 1.77. The van der Waals surface area contributed by atoms with Crippen LogP contribution in [0.1, 0.15) is 32.5 Å². The van der Waals surface area contributed by atoms with Crippen LogP contribution < -0.4 is 10.6 Å². The molecule has 1 aromatic heterocycles.